The van der Waals surface area contributed by atoms with Crippen molar-refractivity contribution in [3.63, 3.8) is 0 Å². The molecule has 4 aliphatic rings. The molecular formula is C30H34ClF2N7O2. The predicted molar refractivity (Wildman–Crippen MR) is 158 cm³/mol. The van der Waals surface area contributed by atoms with E-state index >= 15 is 4.39 Å². The number of aromatic hydroxyl groups is 1. The minimum Gasteiger partial charge on any atom is -0.507 e. The van der Waals surface area contributed by atoms with Gasteiger partial charge in [-0.3, -0.25) is 14.6 Å². The van der Waals surface area contributed by atoms with Crippen LogP contribution in [-0.2, 0) is 4.79 Å². The zero-order chi connectivity index (χ0) is 29.1. The van der Waals surface area contributed by atoms with Gasteiger partial charge in [-0.1, -0.05) is 17.7 Å². The molecule has 2 aromatic carbocycles. The Labute approximate surface area is 248 Å². The SMILES string of the molecule is CC(=O)N1CCN(c2nc(N3CC(N4CCN(C5CC5)CC4)C3)nc3c(F)c(-c4c(O)cccc4F)c(Cl)cc23)CC1. The quantitative estimate of drug-likeness (QED) is 0.478. The number of amides is 1. The number of fused-ring (bicyclic) bond motifs is 1. The molecule has 1 aliphatic carbocycles. The molecule has 3 saturated heterocycles. The van der Waals surface area contributed by atoms with E-state index in [1.54, 1.807) is 17.9 Å². The molecule has 0 bridgehead atoms. The van der Waals surface area contributed by atoms with Gasteiger partial charge in [-0.05, 0) is 31.0 Å². The molecule has 222 valence electrons. The number of phenols is 1. The lowest BCUT2D eigenvalue weighted by Gasteiger charge is -2.48. The first-order chi connectivity index (χ1) is 20.3. The minimum absolute atomic E-state index is 0.0101. The number of hydrogen-bond acceptors (Lipinski definition) is 8. The highest BCUT2D eigenvalue weighted by Crippen LogP contribution is 2.43. The Kier molecular flexibility index (Phi) is 7.06. The van der Waals surface area contributed by atoms with Crippen molar-refractivity contribution in [1.29, 1.82) is 0 Å². The lowest BCUT2D eigenvalue weighted by molar-refractivity contribution is -0.129. The summed E-state index contributed by atoms with van der Waals surface area (Å²) in [6.07, 6.45) is 2.64. The molecule has 4 heterocycles. The van der Waals surface area contributed by atoms with Crippen LogP contribution in [0.3, 0.4) is 0 Å². The van der Waals surface area contributed by atoms with E-state index in [-0.39, 0.29) is 27.6 Å². The minimum atomic E-state index is -0.807. The summed E-state index contributed by atoms with van der Waals surface area (Å²) in [4.78, 5) is 32.5. The summed E-state index contributed by atoms with van der Waals surface area (Å²) < 4.78 is 31.2. The Balaban J connectivity index is 1.23. The van der Waals surface area contributed by atoms with Crippen molar-refractivity contribution in [2.75, 3.05) is 75.2 Å². The molecular weight excluding hydrogens is 564 g/mol. The highest BCUT2D eigenvalue weighted by atomic mass is 35.5. The molecule has 1 saturated carbocycles. The first-order valence-electron chi connectivity index (χ1n) is 14.7. The fraction of sp³-hybridized carbons (Fsp3) is 0.500. The second-order valence-corrected chi connectivity index (χ2v) is 12.2. The number of rotatable bonds is 5. The predicted octanol–water partition coefficient (Wildman–Crippen LogP) is 3.57. The van der Waals surface area contributed by atoms with Crippen LogP contribution in [-0.4, -0.2) is 113 Å². The molecule has 4 fully saturated rings. The standard InChI is InChI=1S/C30H34ClF2N7O2/c1-18(41)36-7-13-39(14-8-36)29-21-15-22(31)25(26-23(32)3-2-4-24(26)42)27(33)28(21)34-30(35-29)40-16-20(17-40)38-11-9-37(10-12-38)19-5-6-19/h2-4,15,19-20,42H,5-14,16-17H2,1H3. The summed E-state index contributed by atoms with van der Waals surface area (Å²) in [5.41, 5.74) is -0.507. The summed E-state index contributed by atoms with van der Waals surface area (Å²) in [6, 6.07) is 6.53. The number of halogens is 3. The Hall–Kier alpha value is -3.28. The van der Waals surface area contributed by atoms with Gasteiger partial charge in [0, 0.05) is 95.4 Å². The molecule has 7 rings (SSSR count). The topological polar surface area (TPSA) is 79.3 Å². The number of anilines is 2. The maximum atomic E-state index is 16.4. The van der Waals surface area contributed by atoms with Gasteiger partial charge in [0.05, 0.1) is 10.6 Å². The van der Waals surface area contributed by atoms with Crippen molar-refractivity contribution >= 4 is 40.2 Å². The van der Waals surface area contributed by atoms with Crippen LogP contribution in [0, 0.1) is 11.6 Å². The molecule has 42 heavy (non-hydrogen) atoms. The largest absolute Gasteiger partial charge is 0.507 e. The Morgan fingerprint density at radius 2 is 1.57 bits per heavy atom. The fourth-order valence-corrected chi connectivity index (χ4v) is 6.82. The summed E-state index contributed by atoms with van der Waals surface area (Å²) in [6.45, 7) is 9.40. The first-order valence-corrected chi connectivity index (χ1v) is 15.1. The molecule has 12 heteroatoms. The second-order valence-electron chi connectivity index (χ2n) is 11.8. The van der Waals surface area contributed by atoms with Gasteiger partial charge in [0.1, 0.15) is 22.9 Å². The van der Waals surface area contributed by atoms with Gasteiger partial charge in [-0.15, -0.1) is 0 Å². The summed E-state index contributed by atoms with van der Waals surface area (Å²) in [5.74, 6) is -1.04. The van der Waals surface area contributed by atoms with Gasteiger partial charge in [0.25, 0.3) is 0 Å². The molecule has 3 aromatic rings. The van der Waals surface area contributed by atoms with Gasteiger partial charge in [-0.25, -0.2) is 13.8 Å². The van der Waals surface area contributed by atoms with Gasteiger partial charge in [0.2, 0.25) is 11.9 Å². The van der Waals surface area contributed by atoms with Crippen LogP contribution in [0.5, 0.6) is 5.75 Å². The third-order valence-electron chi connectivity index (χ3n) is 9.19. The van der Waals surface area contributed by atoms with Crippen LogP contribution >= 0.6 is 11.6 Å². The number of nitrogens with zero attached hydrogens (tertiary/aromatic N) is 7. The third-order valence-corrected chi connectivity index (χ3v) is 9.49. The summed E-state index contributed by atoms with van der Waals surface area (Å²) in [7, 11) is 0. The average Bonchev–Trinajstić information content (AvgIpc) is 3.80. The van der Waals surface area contributed by atoms with E-state index in [1.807, 2.05) is 4.90 Å². The van der Waals surface area contributed by atoms with E-state index < -0.39 is 17.4 Å². The molecule has 3 aliphatic heterocycles. The van der Waals surface area contributed by atoms with E-state index in [1.165, 1.54) is 25.0 Å². The van der Waals surface area contributed by atoms with E-state index in [0.29, 0.717) is 49.4 Å². The van der Waals surface area contributed by atoms with Crippen molar-refractivity contribution in [1.82, 2.24) is 24.7 Å². The lowest BCUT2D eigenvalue weighted by Crippen LogP contribution is -2.63. The number of hydrogen-bond donors (Lipinski definition) is 1. The smallest absolute Gasteiger partial charge is 0.228 e. The first kappa shape index (κ1) is 27.5. The van der Waals surface area contributed by atoms with E-state index in [2.05, 4.69) is 19.7 Å². The highest BCUT2D eigenvalue weighted by molar-refractivity contribution is 6.34. The van der Waals surface area contributed by atoms with Gasteiger partial charge in [0.15, 0.2) is 5.82 Å². The number of benzene rings is 2. The van der Waals surface area contributed by atoms with Gasteiger partial charge < -0.3 is 19.8 Å². The number of aromatic nitrogens is 2. The van der Waals surface area contributed by atoms with E-state index in [9.17, 15) is 14.3 Å². The molecule has 1 aromatic heterocycles. The molecule has 0 atom stereocenters. The number of phenolic OH excluding ortho intramolecular Hbond substituents is 1. The average molecular weight is 598 g/mol. The van der Waals surface area contributed by atoms with Crippen LogP contribution in [0.15, 0.2) is 24.3 Å². The van der Waals surface area contributed by atoms with E-state index in [0.717, 1.165) is 51.4 Å². The normalized spacial score (nSPS) is 20.8. The number of carbonyl (C=O) groups excluding carboxylic acids is 1. The van der Waals surface area contributed by atoms with Gasteiger partial charge >= 0.3 is 0 Å². The maximum absolute atomic E-state index is 16.4. The molecule has 1 amide bonds. The van der Waals surface area contributed by atoms with Crippen LogP contribution in [0.2, 0.25) is 5.02 Å². The maximum Gasteiger partial charge on any atom is 0.228 e. The highest BCUT2D eigenvalue weighted by Gasteiger charge is 2.38. The number of piperazine rings is 2. The second kappa shape index (κ2) is 10.8. The van der Waals surface area contributed by atoms with Crippen LogP contribution in [0.4, 0.5) is 20.5 Å². The lowest BCUT2D eigenvalue weighted by atomic mass is 10.0. The van der Waals surface area contributed by atoms with E-state index in [4.69, 9.17) is 16.6 Å². The van der Waals surface area contributed by atoms with Crippen molar-refractivity contribution in [2.45, 2.75) is 31.8 Å². The number of carbonyl (C=O) groups is 1. The zero-order valence-corrected chi connectivity index (χ0v) is 24.3. The third kappa shape index (κ3) is 4.91. The van der Waals surface area contributed by atoms with Crippen molar-refractivity contribution in [3.05, 3.63) is 40.9 Å². The van der Waals surface area contributed by atoms with Crippen LogP contribution in [0.25, 0.3) is 22.0 Å². The molecule has 9 nitrogen and oxygen atoms in total. The van der Waals surface area contributed by atoms with Crippen LogP contribution < -0.4 is 9.80 Å². The summed E-state index contributed by atoms with van der Waals surface area (Å²) >= 11 is 6.58. The van der Waals surface area contributed by atoms with Crippen molar-refractivity contribution in [2.24, 2.45) is 0 Å². The summed E-state index contributed by atoms with van der Waals surface area (Å²) in [5, 5.41) is 10.8. The Morgan fingerprint density at radius 3 is 2.19 bits per heavy atom. The Bertz CT molecular complexity index is 1510. The Morgan fingerprint density at radius 1 is 0.905 bits per heavy atom. The zero-order valence-electron chi connectivity index (χ0n) is 23.6. The van der Waals surface area contributed by atoms with Gasteiger partial charge in [-0.2, -0.15) is 4.98 Å². The molecule has 0 radical (unpaired) electrons. The monoisotopic (exact) mass is 597 g/mol. The van der Waals surface area contributed by atoms with Crippen molar-refractivity contribution in [3.8, 4) is 16.9 Å². The van der Waals surface area contributed by atoms with Crippen LogP contribution in [0.1, 0.15) is 19.8 Å². The molecule has 0 unspecified atom stereocenters. The molecule has 0 spiro atoms. The fourth-order valence-electron chi connectivity index (χ4n) is 6.53. The molecule has 1 N–H and O–H groups in total. The van der Waals surface area contributed by atoms with Crippen molar-refractivity contribution < 1.29 is 18.7 Å².